The van der Waals surface area contributed by atoms with Crippen molar-refractivity contribution in [2.45, 2.75) is 45.6 Å². The molecule has 1 heterocycles. The maximum atomic E-state index is 6.34. The molecule has 0 radical (unpaired) electrons. The van der Waals surface area contributed by atoms with Gasteiger partial charge in [0.2, 0.25) is 0 Å². The summed E-state index contributed by atoms with van der Waals surface area (Å²) in [4.78, 5) is 2.44. The van der Waals surface area contributed by atoms with Crippen LogP contribution in [-0.4, -0.2) is 25.2 Å². The van der Waals surface area contributed by atoms with Crippen LogP contribution in [0, 0.1) is 6.92 Å². The summed E-state index contributed by atoms with van der Waals surface area (Å²) in [5.41, 5.74) is 8.09. The molecular weight excluding hydrogens is 236 g/mol. The molecule has 0 aromatic heterocycles. The van der Waals surface area contributed by atoms with Gasteiger partial charge >= 0.3 is 0 Å². The monoisotopic (exact) mass is 262 g/mol. The third-order valence-electron chi connectivity index (χ3n) is 4.18. The molecule has 0 saturated heterocycles. The van der Waals surface area contributed by atoms with Gasteiger partial charge in [0.1, 0.15) is 11.4 Å². The number of hydrogen-bond acceptors (Lipinski definition) is 3. The summed E-state index contributed by atoms with van der Waals surface area (Å²) in [6.45, 7) is 9.26. The fourth-order valence-corrected chi connectivity index (χ4v) is 2.76. The number of aryl methyl sites for hydroxylation is 1. The zero-order chi connectivity index (χ0) is 13.9. The Balaban J connectivity index is 2.34. The number of anilines is 1. The molecule has 106 valence electrons. The maximum absolute atomic E-state index is 6.34. The van der Waals surface area contributed by atoms with Gasteiger partial charge in [0.25, 0.3) is 0 Å². The van der Waals surface area contributed by atoms with Crippen LogP contribution in [0.3, 0.4) is 0 Å². The number of benzene rings is 1. The van der Waals surface area contributed by atoms with Gasteiger partial charge in [0.15, 0.2) is 0 Å². The Morgan fingerprint density at radius 3 is 2.68 bits per heavy atom. The van der Waals surface area contributed by atoms with E-state index < -0.39 is 0 Å². The van der Waals surface area contributed by atoms with Gasteiger partial charge in [-0.05, 0) is 50.4 Å². The van der Waals surface area contributed by atoms with Crippen molar-refractivity contribution in [1.82, 2.24) is 0 Å². The van der Waals surface area contributed by atoms with Gasteiger partial charge in [-0.2, -0.15) is 0 Å². The second-order valence-corrected chi connectivity index (χ2v) is 5.53. The van der Waals surface area contributed by atoms with Gasteiger partial charge in [0, 0.05) is 6.54 Å². The molecule has 3 heteroatoms. The van der Waals surface area contributed by atoms with Crippen LogP contribution in [-0.2, 0) is 0 Å². The summed E-state index contributed by atoms with van der Waals surface area (Å²) < 4.78 is 6.34. The van der Waals surface area contributed by atoms with E-state index >= 15 is 0 Å². The van der Waals surface area contributed by atoms with Gasteiger partial charge < -0.3 is 15.4 Å². The molecule has 0 bridgehead atoms. The topological polar surface area (TPSA) is 38.5 Å². The van der Waals surface area contributed by atoms with Gasteiger partial charge in [-0.15, -0.1) is 0 Å². The molecule has 0 spiro atoms. The quantitative estimate of drug-likeness (QED) is 0.886. The molecule has 1 aliphatic heterocycles. The molecule has 3 nitrogen and oxygen atoms in total. The largest absolute Gasteiger partial charge is 0.483 e. The average molecular weight is 262 g/mol. The first-order chi connectivity index (χ1) is 9.14. The Kier molecular flexibility index (Phi) is 4.35. The van der Waals surface area contributed by atoms with E-state index in [0.29, 0.717) is 0 Å². The smallest absolute Gasteiger partial charge is 0.143 e. The van der Waals surface area contributed by atoms with E-state index in [9.17, 15) is 0 Å². The Morgan fingerprint density at radius 2 is 2.05 bits per heavy atom. The SMILES string of the molecule is CCC1(CC)CN(CCCN)c2ccc(C)cc2O1. The van der Waals surface area contributed by atoms with E-state index in [4.69, 9.17) is 10.5 Å². The normalized spacial score (nSPS) is 16.9. The van der Waals surface area contributed by atoms with Crippen LogP contribution in [0.2, 0.25) is 0 Å². The first-order valence-corrected chi connectivity index (χ1v) is 7.39. The van der Waals surface area contributed by atoms with E-state index in [-0.39, 0.29) is 5.60 Å². The number of rotatable bonds is 5. The summed E-state index contributed by atoms with van der Waals surface area (Å²) in [7, 11) is 0. The summed E-state index contributed by atoms with van der Waals surface area (Å²) in [5.74, 6) is 1.03. The highest BCUT2D eigenvalue weighted by Gasteiger charge is 2.36. The third kappa shape index (κ3) is 2.86. The van der Waals surface area contributed by atoms with Crippen molar-refractivity contribution >= 4 is 5.69 Å². The molecule has 19 heavy (non-hydrogen) atoms. The highest BCUT2D eigenvalue weighted by Crippen LogP contribution is 2.40. The lowest BCUT2D eigenvalue weighted by molar-refractivity contribution is 0.0574. The van der Waals surface area contributed by atoms with E-state index in [1.165, 1.54) is 11.3 Å². The van der Waals surface area contributed by atoms with Crippen LogP contribution in [0.4, 0.5) is 5.69 Å². The summed E-state index contributed by atoms with van der Waals surface area (Å²) >= 11 is 0. The lowest BCUT2D eigenvalue weighted by atomic mass is 9.93. The predicted molar refractivity (Wildman–Crippen MR) is 81.0 cm³/mol. The molecule has 0 aliphatic carbocycles. The number of ether oxygens (including phenoxy) is 1. The molecule has 1 aromatic carbocycles. The third-order valence-corrected chi connectivity index (χ3v) is 4.18. The van der Waals surface area contributed by atoms with Crippen molar-refractivity contribution in [3.05, 3.63) is 23.8 Å². The number of fused-ring (bicyclic) bond motifs is 1. The van der Waals surface area contributed by atoms with Crippen molar-refractivity contribution in [2.24, 2.45) is 5.73 Å². The fraction of sp³-hybridized carbons (Fsp3) is 0.625. The van der Waals surface area contributed by atoms with Crippen LogP contribution >= 0.6 is 0 Å². The number of nitrogens with two attached hydrogens (primary N) is 1. The van der Waals surface area contributed by atoms with Gasteiger partial charge in [0.05, 0.1) is 12.2 Å². The molecule has 0 unspecified atom stereocenters. The molecule has 0 amide bonds. The van der Waals surface area contributed by atoms with Crippen molar-refractivity contribution in [2.75, 3.05) is 24.5 Å². The molecular formula is C16H26N2O. The minimum atomic E-state index is -0.0462. The van der Waals surface area contributed by atoms with Crippen LogP contribution in [0.25, 0.3) is 0 Å². The summed E-state index contributed by atoms with van der Waals surface area (Å²) in [6, 6.07) is 6.49. The summed E-state index contributed by atoms with van der Waals surface area (Å²) in [6.07, 6.45) is 3.10. The van der Waals surface area contributed by atoms with Crippen LogP contribution in [0.15, 0.2) is 18.2 Å². The number of nitrogens with zero attached hydrogens (tertiary/aromatic N) is 1. The molecule has 0 atom stereocenters. The van der Waals surface area contributed by atoms with Crippen molar-refractivity contribution in [1.29, 1.82) is 0 Å². The minimum Gasteiger partial charge on any atom is -0.483 e. The summed E-state index contributed by atoms with van der Waals surface area (Å²) in [5, 5.41) is 0. The van der Waals surface area contributed by atoms with E-state index in [0.717, 1.165) is 44.6 Å². The molecule has 0 fully saturated rings. The van der Waals surface area contributed by atoms with Crippen LogP contribution in [0.5, 0.6) is 5.75 Å². The fourth-order valence-electron chi connectivity index (χ4n) is 2.76. The Morgan fingerprint density at radius 1 is 1.32 bits per heavy atom. The first-order valence-electron chi connectivity index (χ1n) is 7.39. The lowest BCUT2D eigenvalue weighted by Crippen LogP contribution is -2.50. The zero-order valence-corrected chi connectivity index (χ0v) is 12.4. The van der Waals surface area contributed by atoms with E-state index in [1.54, 1.807) is 0 Å². The van der Waals surface area contributed by atoms with Crippen LogP contribution in [0.1, 0.15) is 38.7 Å². The van der Waals surface area contributed by atoms with Crippen molar-refractivity contribution in [3.63, 3.8) is 0 Å². The number of hydrogen-bond donors (Lipinski definition) is 1. The van der Waals surface area contributed by atoms with E-state index in [2.05, 4.69) is 43.9 Å². The van der Waals surface area contributed by atoms with Gasteiger partial charge in [-0.3, -0.25) is 0 Å². The second kappa shape index (κ2) is 5.83. The van der Waals surface area contributed by atoms with Crippen molar-refractivity contribution < 1.29 is 4.74 Å². The van der Waals surface area contributed by atoms with Crippen LogP contribution < -0.4 is 15.4 Å². The highest BCUT2D eigenvalue weighted by atomic mass is 16.5. The Bertz CT molecular complexity index is 427. The standard InChI is InChI=1S/C16H26N2O/c1-4-16(5-2)12-18(10-6-9-17)14-8-7-13(3)11-15(14)19-16/h7-8,11H,4-6,9-10,12,17H2,1-3H3. The Hall–Kier alpha value is -1.22. The first kappa shape index (κ1) is 14.2. The average Bonchev–Trinajstić information content (AvgIpc) is 2.43. The molecule has 2 N–H and O–H groups in total. The van der Waals surface area contributed by atoms with E-state index in [1.807, 2.05) is 0 Å². The molecule has 1 aromatic rings. The minimum absolute atomic E-state index is 0.0462. The molecule has 2 rings (SSSR count). The molecule has 1 aliphatic rings. The highest BCUT2D eigenvalue weighted by molar-refractivity contribution is 5.62. The Labute approximate surface area is 116 Å². The zero-order valence-electron chi connectivity index (χ0n) is 12.4. The van der Waals surface area contributed by atoms with Gasteiger partial charge in [-0.1, -0.05) is 19.9 Å². The lowest BCUT2D eigenvalue weighted by Gasteiger charge is -2.44. The maximum Gasteiger partial charge on any atom is 0.143 e. The second-order valence-electron chi connectivity index (χ2n) is 5.53. The molecule has 0 saturated carbocycles. The van der Waals surface area contributed by atoms with Gasteiger partial charge in [-0.25, -0.2) is 0 Å². The van der Waals surface area contributed by atoms with Crippen molar-refractivity contribution in [3.8, 4) is 5.75 Å². The predicted octanol–water partition coefficient (Wildman–Crippen LogP) is 3.10.